The number of benzene rings is 5. The standard InChI is InChI=1S/5C6H6O2.Sb/c5*7-5-3-1-2-4-6(5)8;/h5*1-4,7-8H;/q;;;;;+5/p-5. The van der Waals surface area contributed by atoms with Crippen LogP contribution < -0.4 is 15.1 Å². The second kappa shape index (κ2) is 11.2. The van der Waals surface area contributed by atoms with E-state index in [1.54, 1.807) is 60.7 Å². The number of hydrogen-bond acceptors (Lipinski definition) is 10. The number of hydrogen-bond donors (Lipinski definition) is 5. The van der Waals surface area contributed by atoms with Crippen LogP contribution in [0.25, 0.3) is 0 Å². The van der Waals surface area contributed by atoms with Crippen LogP contribution in [0.5, 0.6) is 57.5 Å². The molecule has 0 unspecified atom stereocenters. The normalized spacial score (nSPS) is 12.0. The molecule has 0 heterocycles. The van der Waals surface area contributed by atoms with Gasteiger partial charge >= 0.3 is 239 Å². The summed E-state index contributed by atoms with van der Waals surface area (Å²) in [4.78, 5) is 0. The van der Waals surface area contributed by atoms with Crippen molar-refractivity contribution in [2.24, 2.45) is 0 Å². The van der Waals surface area contributed by atoms with Crippen molar-refractivity contribution < 1.29 is 40.6 Å². The van der Waals surface area contributed by atoms with Crippen LogP contribution in [-0.4, -0.2) is 45.0 Å². The van der Waals surface area contributed by atoms with Crippen molar-refractivity contribution in [1.82, 2.24) is 0 Å². The van der Waals surface area contributed by atoms with E-state index < -0.39 is 19.5 Å². The molecule has 210 valence electrons. The fourth-order valence-corrected chi connectivity index (χ4v) is 11.5. The summed E-state index contributed by atoms with van der Waals surface area (Å²) in [6.45, 7) is 0. The molecule has 5 rings (SSSR count). The molecular formula is C30H25O10Sb. The third-order valence-corrected chi connectivity index (χ3v) is 12.6. The van der Waals surface area contributed by atoms with Crippen LogP contribution in [-0.2, 0) is 0 Å². The van der Waals surface area contributed by atoms with Gasteiger partial charge in [0.05, 0.1) is 0 Å². The van der Waals surface area contributed by atoms with Crippen molar-refractivity contribution in [3.63, 3.8) is 0 Å². The number of phenols is 5. The van der Waals surface area contributed by atoms with Gasteiger partial charge in [-0.05, 0) is 0 Å². The molecule has 0 radical (unpaired) electrons. The summed E-state index contributed by atoms with van der Waals surface area (Å²) in [5.41, 5.74) is 0. The summed E-state index contributed by atoms with van der Waals surface area (Å²) in [5.74, 6) is -2.99. The fourth-order valence-electron chi connectivity index (χ4n) is 3.66. The molecule has 5 N–H and O–H groups in total. The molecule has 0 saturated carbocycles. The van der Waals surface area contributed by atoms with E-state index >= 15 is 0 Å². The van der Waals surface area contributed by atoms with E-state index in [0.717, 1.165) is 0 Å². The topological polar surface area (TPSA) is 147 Å². The van der Waals surface area contributed by atoms with Crippen LogP contribution >= 0.6 is 0 Å². The van der Waals surface area contributed by atoms with Crippen LogP contribution in [0, 0.1) is 0 Å². The molecule has 11 heteroatoms. The maximum atomic E-state index is 10.8. The van der Waals surface area contributed by atoms with E-state index in [1.165, 1.54) is 60.7 Å². The van der Waals surface area contributed by atoms with Gasteiger partial charge in [-0.15, -0.1) is 0 Å². The second-order valence-electron chi connectivity index (χ2n) is 8.54. The molecule has 0 aliphatic heterocycles. The van der Waals surface area contributed by atoms with Crippen molar-refractivity contribution in [2.75, 3.05) is 0 Å². The van der Waals surface area contributed by atoms with Gasteiger partial charge in [-0.1, -0.05) is 0 Å². The predicted molar refractivity (Wildman–Crippen MR) is 149 cm³/mol. The molecule has 10 nitrogen and oxygen atoms in total. The third-order valence-electron chi connectivity index (χ3n) is 5.56. The Bertz CT molecular complexity index is 1380. The molecule has 0 saturated heterocycles. The number of para-hydroxylation sites is 10. The Morgan fingerprint density at radius 1 is 0.293 bits per heavy atom. The average molecular weight is 667 g/mol. The van der Waals surface area contributed by atoms with Crippen LogP contribution in [0.2, 0.25) is 0 Å². The fraction of sp³-hybridized carbons (Fsp3) is 0. The molecule has 0 fully saturated rings. The van der Waals surface area contributed by atoms with Crippen molar-refractivity contribution in [3.05, 3.63) is 121 Å². The molecule has 0 bridgehead atoms. The van der Waals surface area contributed by atoms with E-state index in [1.807, 2.05) is 0 Å². The van der Waals surface area contributed by atoms with Gasteiger partial charge in [0, 0.05) is 0 Å². The minimum absolute atomic E-state index is 0.231. The molecule has 0 aliphatic carbocycles. The van der Waals surface area contributed by atoms with Gasteiger partial charge in [0.2, 0.25) is 0 Å². The van der Waals surface area contributed by atoms with Crippen molar-refractivity contribution in [3.8, 4) is 57.5 Å². The molecule has 41 heavy (non-hydrogen) atoms. The Hall–Kier alpha value is -5.08. The third kappa shape index (κ3) is 5.92. The van der Waals surface area contributed by atoms with Gasteiger partial charge < -0.3 is 0 Å². The summed E-state index contributed by atoms with van der Waals surface area (Å²) in [6, 6.07) is 29.1. The van der Waals surface area contributed by atoms with Gasteiger partial charge in [-0.25, -0.2) is 0 Å². The first-order valence-corrected chi connectivity index (χ1v) is 17.4. The van der Waals surface area contributed by atoms with E-state index in [4.69, 9.17) is 15.1 Å². The number of aromatic hydroxyl groups is 5. The Labute approximate surface area is 238 Å². The maximum absolute atomic E-state index is 10.8. The Kier molecular flexibility index (Phi) is 7.50. The molecule has 0 spiro atoms. The summed E-state index contributed by atoms with van der Waals surface area (Å²) < 4.78 is 31.9. The SMILES string of the molecule is Oc1ccccc1[O][Sb]([O]c1ccccc1O)([O]c1ccccc1O)([O]c1ccccc1O)[O]c1ccccc1O. The van der Waals surface area contributed by atoms with E-state index in [9.17, 15) is 25.5 Å². The number of phenolic OH excluding ortho intramolecular Hbond substituents is 5. The summed E-state index contributed by atoms with van der Waals surface area (Å²) in [6.07, 6.45) is 0. The van der Waals surface area contributed by atoms with Gasteiger partial charge in [-0.3, -0.25) is 0 Å². The first-order chi connectivity index (χ1) is 19.8. The molecule has 0 aromatic heterocycles. The van der Waals surface area contributed by atoms with Gasteiger partial charge in [0.25, 0.3) is 0 Å². The monoisotopic (exact) mass is 666 g/mol. The van der Waals surface area contributed by atoms with Crippen LogP contribution in [0.3, 0.4) is 0 Å². The predicted octanol–water partition coefficient (Wildman–Crippen LogP) is 5.80. The summed E-state index contributed by atoms with van der Waals surface area (Å²) in [5, 5.41) is 53.8. The Balaban J connectivity index is 1.87. The zero-order chi connectivity index (χ0) is 28.9. The van der Waals surface area contributed by atoms with Crippen LogP contribution in [0.15, 0.2) is 121 Å². The number of rotatable bonds is 10. The van der Waals surface area contributed by atoms with Crippen molar-refractivity contribution in [2.45, 2.75) is 0 Å². The summed E-state index contributed by atoms with van der Waals surface area (Å²) >= 11 is -7.22. The first kappa shape index (κ1) is 27.5. The Morgan fingerprint density at radius 3 is 0.634 bits per heavy atom. The molecule has 5 aromatic carbocycles. The molecule has 0 atom stereocenters. The van der Waals surface area contributed by atoms with E-state index in [2.05, 4.69) is 0 Å². The van der Waals surface area contributed by atoms with Gasteiger partial charge in [0.15, 0.2) is 0 Å². The molecule has 0 amide bonds. The second-order valence-corrected chi connectivity index (χ2v) is 15.4. The van der Waals surface area contributed by atoms with Gasteiger partial charge in [-0.2, -0.15) is 0 Å². The zero-order valence-corrected chi connectivity index (χ0v) is 23.8. The van der Waals surface area contributed by atoms with Crippen molar-refractivity contribution in [1.29, 1.82) is 0 Å². The Morgan fingerprint density at radius 2 is 0.463 bits per heavy atom. The minimum atomic E-state index is -7.22. The van der Waals surface area contributed by atoms with Crippen molar-refractivity contribution >= 4 is 19.5 Å². The average Bonchev–Trinajstić information content (AvgIpc) is 2.96. The first-order valence-electron chi connectivity index (χ1n) is 12.2. The van der Waals surface area contributed by atoms with E-state index in [-0.39, 0.29) is 57.5 Å². The van der Waals surface area contributed by atoms with Crippen LogP contribution in [0.1, 0.15) is 0 Å². The van der Waals surface area contributed by atoms with E-state index in [0.29, 0.717) is 0 Å². The van der Waals surface area contributed by atoms with Crippen LogP contribution in [0.4, 0.5) is 0 Å². The summed E-state index contributed by atoms with van der Waals surface area (Å²) in [7, 11) is 0. The zero-order valence-electron chi connectivity index (χ0n) is 21.3. The molecule has 5 aromatic rings. The quantitative estimate of drug-likeness (QED) is 0.116. The molecule has 0 aliphatic rings. The van der Waals surface area contributed by atoms with Gasteiger partial charge in [0.1, 0.15) is 0 Å². The molecular weight excluding hydrogens is 642 g/mol.